The zero-order valence-corrected chi connectivity index (χ0v) is 15.3. The van der Waals surface area contributed by atoms with Crippen molar-refractivity contribution < 1.29 is 23.1 Å². The summed E-state index contributed by atoms with van der Waals surface area (Å²) in [6.07, 6.45) is 0.417. The van der Waals surface area contributed by atoms with E-state index in [4.69, 9.17) is 0 Å². The van der Waals surface area contributed by atoms with Gasteiger partial charge >= 0.3 is 12.0 Å². The molecular formula is C16H23N3O5S. The third kappa shape index (κ3) is 4.10. The molecule has 1 heterocycles. The average molecular weight is 369 g/mol. The maximum Gasteiger partial charge on any atom is 0.321 e. The van der Waals surface area contributed by atoms with Crippen LogP contribution in [0.1, 0.15) is 24.9 Å². The van der Waals surface area contributed by atoms with Gasteiger partial charge in [-0.1, -0.05) is 6.92 Å². The Morgan fingerprint density at radius 3 is 2.60 bits per heavy atom. The van der Waals surface area contributed by atoms with Crippen molar-refractivity contribution in [2.45, 2.75) is 24.3 Å². The van der Waals surface area contributed by atoms with E-state index in [2.05, 4.69) is 10.6 Å². The molecule has 1 aliphatic heterocycles. The van der Waals surface area contributed by atoms with E-state index >= 15 is 0 Å². The van der Waals surface area contributed by atoms with Crippen molar-refractivity contribution in [1.29, 1.82) is 0 Å². The van der Waals surface area contributed by atoms with Crippen LogP contribution in [0, 0.1) is 5.92 Å². The van der Waals surface area contributed by atoms with Gasteiger partial charge in [-0.15, -0.1) is 0 Å². The fourth-order valence-electron chi connectivity index (χ4n) is 2.84. The van der Waals surface area contributed by atoms with Crippen molar-refractivity contribution in [2.75, 3.05) is 31.7 Å². The molecule has 1 fully saturated rings. The third-order valence-electron chi connectivity index (χ3n) is 4.26. The quantitative estimate of drug-likeness (QED) is 0.721. The number of carbonyl (C=O) groups excluding carboxylic acids is 1. The monoisotopic (exact) mass is 369 g/mol. The summed E-state index contributed by atoms with van der Waals surface area (Å²) in [5.41, 5.74) is 0.796. The molecule has 2 rings (SSSR count). The second-order valence-corrected chi connectivity index (χ2v) is 8.39. The first-order chi connectivity index (χ1) is 11.7. The summed E-state index contributed by atoms with van der Waals surface area (Å²) < 4.78 is 24.9. The summed E-state index contributed by atoms with van der Waals surface area (Å²) in [5.74, 6) is -1.78. The van der Waals surface area contributed by atoms with E-state index in [-0.39, 0.29) is 16.7 Å². The van der Waals surface area contributed by atoms with Crippen molar-refractivity contribution in [1.82, 2.24) is 10.2 Å². The van der Waals surface area contributed by atoms with Gasteiger partial charge in [0.05, 0.1) is 16.6 Å². The third-order valence-corrected chi connectivity index (χ3v) is 6.06. The number of carbonyl (C=O) groups is 2. The van der Waals surface area contributed by atoms with Crippen molar-refractivity contribution in [2.24, 2.45) is 5.92 Å². The average Bonchev–Trinajstić information content (AvgIpc) is 3.04. The van der Waals surface area contributed by atoms with E-state index in [1.54, 1.807) is 20.2 Å². The molecule has 0 aliphatic carbocycles. The molecule has 1 aliphatic rings. The molecule has 9 heteroatoms. The molecule has 138 valence electrons. The van der Waals surface area contributed by atoms with Gasteiger partial charge in [-0.2, -0.15) is 0 Å². The molecule has 0 bridgehead atoms. The first kappa shape index (κ1) is 19.2. The van der Waals surface area contributed by atoms with Crippen LogP contribution in [0.5, 0.6) is 0 Å². The highest BCUT2D eigenvalue weighted by Crippen LogP contribution is 2.35. The highest BCUT2D eigenvalue weighted by atomic mass is 32.2. The summed E-state index contributed by atoms with van der Waals surface area (Å²) in [5, 5.41) is 15.2. The Bertz CT molecular complexity index is 776. The minimum Gasteiger partial charge on any atom is -0.481 e. The molecule has 2 amide bonds. The molecule has 0 radical (unpaired) electrons. The van der Waals surface area contributed by atoms with E-state index in [1.165, 1.54) is 24.0 Å². The van der Waals surface area contributed by atoms with Crippen molar-refractivity contribution in [3.63, 3.8) is 0 Å². The number of amides is 2. The predicted molar refractivity (Wildman–Crippen MR) is 93.4 cm³/mol. The van der Waals surface area contributed by atoms with Crippen LogP contribution in [0.15, 0.2) is 23.1 Å². The van der Waals surface area contributed by atoms with Gasteiger partial charge in [-0.25, -0.2) is 13.2 Å². The van der Waals surface area contributed by atoms with Gasteiger partial charge in [-0.05, 0) is 36.7 Å². The molecule has 1 saturated heterocycles. The van der Waals surface area contributed by atoms with Gasteiger partial charge in [0, 0.05) is 25.8 Å². The summed E-state index contributed by atoms with van der Waals surface area (Å²) in [6.45, 7) is 2.03. The first-order valence-corrected chi connectivity index (χ1v) is 9.63. The second-order valence-electron chi connectivity index (χ2n) is 6.15. The molecule has 2 atom stereocenters. The molecule has 1 aromatic carbocycles. The summed E-state index contributed by atoms with van der Waals surface area (Å²) in [7, 11) is -0.356. The van der Waals surface area contributed by atoms with Crippen LogP contribution in [0.25, 0.3) is 0 Å². The first-order valence-electron chi connectivity index (χ1n) is 7.98. The smallest absolute Gasteiger partial charge is 0.321 e. The van der Waals surface area contributed by atoms with Crippen LogP contribution in [-0.4, -0.2) is 56.8 Å². The second kappa shape index (κ2) is 7.40. The molecule has 1 aromatic rings. The lowest BCUT2D eigenvalue weighted by Gasteiger charge is -2.21. The number of sulfone groups is 1. The highest BCUT2D eigenvalue weighted by molar-refractivity contribution is 7.91. The summed E-state index contributed by atoms with van der Waals surface area (Å²) in [6, 6.07) is 3.51. The number of nitrogens with one attached hydrogen (secondary N) is 2. The number of rotatable bonds is 5. The van der Waals surface area contributed by atoms with Crippen molar-refractivity contribution in [3.05, 3.63) is 23.8 Å². The van der Waals surface area contributed by atoms with Crippen LogP contribution in [0.4, 0.5) is 10.5 Å². The molecule has 25 heavy (non-hydrogen) atoms. The number of carboxylic acids is 1. The van der Waals surface area contributed by atoms with Crippen LogP contribution < -0.4 is 10.6 Å². The lowest BCUT2D eigenvalue weighted by Crippen LogP contribution is -2.28. The molecule has 0 aromatic heterocycles. The van der Waals surface area contributed by atoms with Crippen LogP contribution in [-0.2, 0) is 14.6 Å². The van der Waals surface area contributed by atoms with Gasteiger partial charge in [0.15, 0.2) is 9.84 Å². The summed E-state index contributed by atoms with van der Waals surface area (Å²) in [4.78, 5) is 24.8. The number of hydrogen-bond acceptors (Lipinski definition) is 5. The number of urea groups is 1. The standard InChI is InChI=1S/C16H23N3O5S/c1-4-25(23,24)13-6-5-10(18-16(22)19(2)3)9-12(13)14-11(15(20)21)7-8-17-14/h5-6,9,11,14,17H,4,7-8H2,1-3H3,(H,18,22)(H,20,21). The van der Waals surface area contributed by atoms with Crippen LogP contribution in [0.3, 0.4) is 0 Å². The lowest BCUT2D eigenvalue weighted by molar-refractivity contribution is -0.142. The maximum atomic E-state index is 12.4. The zero-order valence-electron chi connectivity index (χ0n) is 14.4. The zero-order chi connectivity index (χ0) is 18.8. The van der Waals surface area contributed by atoms with E-state index in [0.29, 0.717) is 24.2 Å². The number of nitrogens with zero attached hydrogens (tertiary/aromatic N) is 1. The van der Waals surface area contributed by atoms with Gasteiger partial charge < -0.3 is 20.6 Å². The van der Waals surface area contributed by atoms with Gasteiger partial charge in [0.2, 0.25) is 0 Å². The Balaban J connectivity index is 2.52. The van der Waals surface area contributed by atoms with Crippen molar-refractivity contribution in [3.8, 4) is 0 Å². The summed E-state index contributed by atoms with van der Waals surface area (Å²) >= 11 is 0. The van der Waals surface area contributed by atoms with E-state index < -0.39 is 27.8 Å². The fraction of sp³-hybridized carbons (Fsp3) is 0.500. The maximum absolute atomic E-state index is 12.4. The highest BCUT2D eigenvalue weighted by Gasteiger charge is 2.36. The van der Waals surface area contributed by atoms with Gasteiger partial charge in [0.25, 0.3) is 0 Å². The molecule has 2 unspecified atom stereocenters. The Hall–Kier alpha value is -2.13. The van der Waals surface area contributed by atoms with Gasteiger partial charge in [0.1, 0.15) is 0 Å². The van der Waals surface area contributed by atoms with Crippen LogP contribution >= 0.6 is 0 Å². The molecule has 0 saturated carbocycles. The Labute approximate surface area is 147 Å². The Morgan fingerprint density at radius 2 is 2.04 bits per heavy atom. The minimum absolute atomic E-state index is 0.0894. The minimum atomic E-state index is -3.53. The van der Waals surface area contributed by atoms with Crippen molar-refractivity contribution >= 4 is 27.5 Å². The Kier molecular flexibility index (Phi) is 5.69. The molecule has 8 nitrogen and oxygen atoms in total. The predicted octanol–water partition coefficient (Wildman–Crippen LogP) is 1.31. The molecule has 3 N–H and O–H groups in total. The lowest BCUT2D eigenvalue weighted by atomic mass is 9.94. The normalized spacial score (nSPS) is 20.3. The number of carboxylic acid groups (broad SMARTS) is 1. The van der Waals surface area contributed by atoms with E-state index in [9.17, 15) is 23.1 Å². The number of hydrogen-bond donors (Lipinski definition) is 3. The Morgan fingerprint density at radius 1 is 1.36 bits per heavy atom. The number of aliphatic carboxylic acids is 1. The van der Waals surface area contributed by atoms with Crippen LogP contribution in [0.2, 0.25) is 0 Å². The number of benzene rings is 1. The van der Waals surface area contributed by atoms with E-state index in [1.807, 2.05) is 0 Å². The van der Waals surface area contributed by atoms with Gasteiger partial charge in [-0.3, -0.25) is 4.79 Å². The molecule has 0 spiro atoms. The topological polar surface area (TPSA) is 116 Å². The molecular weight excluding hydrogens is 346 g/mol. The number of anilines is 1. The fourth-order valence-corrected chi connectivity index (χ4v) is 3.97. The SMILES string of the molecule is CCS(=O)(=O)c1ccc(NC(=O)N(C)C)cc1C1NCCC1C(=O)O. The van der Waals surface area contributed by atoms with E-state index in [0.717, 1.165) is 0 Å². The largest absolute Gasteiger partial charge is 0.481 e.